The number of anilines is 1. The number of fused-ring (bicyclic) bond motifs is 4. The van der Waals surface area contributed by atoms with Gasteiger partial charge in [-0.05, 0) is 37.8 Å². The third-order valence-electron chi connectivity index (χ3n) is 4.57. The van der Waals surface area contributed by atoms with Crippen LogP contribution in [0.2, 0.25) is 0 Å². The minimum absolute atomic E-state index is 0.0328. The highest BCUT2D eigenvalue weighted by molar-refractivity contribution is 7.21. The second kappa shape index (κ2) is 4.78. The molecular formula is C16H17N3O2S. The van der Waals surface area contributed by atoms with E-state index in [1.54, 1.807) is 4.90 Å². The van der Waals surface area contributed by atoms with Crippen molar-refractivity contribution in [3.8, 4) is 0 Å². The first-order chi connectivity index (χ1) is 10.6. The third kappa shape index (κ3) is 1.80. The Balaban J connectivity index is 1.94. The summed E-state index contributed by atoms with van der Waals surface area (Å²) in [7, 11) is 0. The van der Waals surface area contributed by atoms with E-state index in [1.807, 2.05) is 13.0 Å². The molecule has 4 heterocycles. The predicted molar refractivity (Wildman–Crippen MR) is 86.4 cm³/mol. The number of pyridine rings is 1. The number of amides is 2. The van der Waals surface area contributed by atoms with Gasteiger partial charge in [0, 0.05) is 17.6 Å². The Morgan fingerprint density at radius 2 is 2.27 bits per heavy atom. The van der Waals surface area contributed by atoms with Gasteiger partial charge in [-0.2, -0.15) is 0 Å². The van der Waals surface area contributed by atoms with Gasteiger partial charge in [-0.25, -0.2) is 4.98 Å². The molecule has 5 nitrogen and oxygen atoms in total. The Bertz CT molecular complexity index is 811. The number of thiophene rings is 1. The zero-order valence-electron chi connectivity index (χ0n) is 12.6. The third-order valence-corrected chi connectivity index (χ3v) is 5.66. The maximum atomic E-state index is 12.8. The Kier molecular flexibility index (Phi) is 2.97. The summed E-state index contributed by atoms with van der Waals surface area (Å²) in [6, 6.07) is 1.73. The Morgan fingerprint density at radius 3 is 3.05 bits per heavy atom. The van der Waals surface area contributed by atoms with Gasteiger partial charge in [-0.15, -0.1) is 11.3 Å². The van der Waals surface area contributed by atoms with E-state index in [4.69, 9.17) is 0 Å². The molecule has 2 amide bonds. The molecule has 2 aromatic heterocycles. The van der Waals surface area contributed by atoms with Crippen LogP contribution in [-0.2, 0) is 11.2 Å². The Hall–Kier alpha value is -1.95. The van der Waals surface area contributed by atoms with Gasteiger partial charge in [0.05, 0.1) is 5.69 Å². The molecule has 0 bridgehead atoms. The van der Waals surface area contributed by atoms with Crippen molar-refractivity contribution in [2.24, 2.45) is 0 Å². The van der Waals surface area contributed by atoms with E-state index in [2.05, 4.69) is 17.2 Å². The maximum absolute atomic E-state index is 12.8. The molecule has 4 rings (SSSR count). The summed E-state index contributed by atoms with van der Waals surface area (Å²) in [6.07, 6.45) is 2.50. The van der Waals surface area contributed by atoms with Crippen molar-refractivity contribution in [2.75, 3.05) is 11.9 Å². The zero-order valence-corrected chi connectivity index (χ0v) is 13.4. The number of carbonyl (C=O) groups excluding carboxylic acids is 2. The second-order valence-corrected chi connectivity index (χ2v) is 6.91. The van der Waals surface area contributed by atoms with E-state index >= 15 is 0 Å². The summed E-state index contributed by atoms with van der Waals surface area (Å²) in [6.45, 7) is 4.76. The van der Waals surface area contributed by atoms with Gasteiger partial charge in [0.25, 0.3) is 5.91 Å². The van der Waals surface area contributed by atoms with Crippen LogP contribution in [0.4, 0.5) is 5.69 Å². The normalized spacial score (nSPS) is 20.8. The monoisotopic (exact) mass is 315 g/mol. The van der Waals surface area contributed by atoms with Crippen molar-refractivity contribution in [3.63, 3.8) is 0 Å². The lowest BCUT2D eigenvalue weighted by Crippen LogP contribution is -2.40. The molecule has 1 fully saturated rings. The fourth-order valence-electron chi connectivity index (χ4n) is 3.41. The first-order valence-electron chi connectivity index (χ1n) is 7.65. The van der Waals surface area contributed by atoms with Crippen LogP contribution in [0.5, 0.6) is 0 Å². The maximum Gasteiger partial charge on any atom is 0.266 e. The topological polar surface area (TPSA) is 62.3 Å². The fraction of sp³-hybridized carbons (Fsp3) is 0.438. The molecule has 0 radical (unpaired) electrons. The molecule has 22 heavy (non-hydrogen) atoms. The zero-order chi connectivity index (χ0) is 15.4. The molecule has 0 unspecified atom stereocenters. The van der Waals surface area contributed by atoms with Crippen molar-refractivity contribution < 1.29 is 9.59 Å². The van der Waals surface area contributed by atoms with Gasteiger partial charge in [-0.1, -0.05) is 6.92 Å². The molecule has 1 N–H and O–H groups in total. The number of carbonyl (C=O) groups is 2. The van der Waals surface area contributed by atoms with Gasteiger partial charge < -0.3 is 10.2 Å². The quantitative estimate of drug-likeness (QED) is 0.880. The van der Waals surface area contributed by atoms with E-state index in [1.165, 1.54) is 11.3 Å². The average molecular weight is 315 g/mol. The molecule has 1 saturated heterocycles. The largest absolute Gasteiger partial charge is 0.326 e. The lowest BCUT2D eigenvalue weighted by Gasteiger charge is -2.19. The van der Waals surface area contributed by atoms with Gasteiger partial charge >= 0.3 is 0 Å². The summed E-state index contributed by atoms with van der Waals surface area (Å²) >= 11 is 1.39. The van der Waals surface area contributed by atoms with E-state index in [0.717, 1.165) is 40.7 Å². The van der Waals surface area contributed by atoms with Crippen LogP contribution in [0.3, 0.4) is 0 Å². The van der Waals surface area contributed by atoms with E-state index in [0.29, 0.717) is 17.1 Å². The van der Waals surface area contributed by atoms with E-state index < -0.39 is 0 Å². The molecule has 0 saturated carbocycles. The summed E-state index contributed by atoms with van der Waals surface area (Å²) in [5.74, 6) is -0.101. The molecule has 0 aliphatic carbocycles. The Morgan fingerprint density at radius 1 is 1.45 bits per heavy atom. The number of hydrogen-bond donors (Lipinski definition) is 1. The molecule has 0 aromatic carbocycles. The minimum atomic E-state index is -0.314. The van der Waals surface area contributed by atoms with Crippen LogP contribution < -0.4 is 5.32 Å². The van der Waals surface area contributed by atoms with E-state index in [-0.39, 0.29) is 17.9 Å². The number of hydrogen-bond acceptors (Lipinski definition) is 4. The number of nitrogens with zero attached hydrogens (tertiary/aromatic N) is 2. The van der Waals surface area contributed by atoms with Gasteiger partial charge in [0.2, 0.25) is 5.91 Å². The highest BCUT2D eigenvalue weighted by Crippen LogP contribution is 2.40. The molecule has 2 aliphatic rings. The molecular weight excluding hydrogens is 298 g/mol. The average Bonchev–Trinajstić information content (AvgIpc) is 3.09. The van der Waals surface area contributed by atoms with Crippen LogP contribution in [0.1, 0.15) is 40.7 Å². The lowest BCUT2D eigenvalue weighted by molar-refractivity contribution is -0.119. The van der Waals surface area contributed by atoms with Gasteiger partial charge in [0.1, 0.15) is 15.7 Å². The predicted octanol–water partition coefficient (Wildman–Crippen LogP) is 2.72. The molecule has 0 spiro atoms. The number of nitrogens with one attached hydrogen (secondary N) is 1. The first-order valence-corrected chi connectivity index (χ1v) is 8.46. The number of rotatable bonds is 1. The summed E-state index contributed by atoms with van der Waals surface area (Å²) in [5, 5.41) is 3.87. The summed E-state index contributed by atoms with van der Waals surface area (Å²) < 4.78 is 0. The second-order valence-electron chi connectivity index (χ2n) is 5.91. The number of aromatic nitrogens is 1. The van der Waals surface area contributed by atoms with Crippen molar-refractivity contribution in [3.05, 3.63) is 22.2 Å². The first kappa shape index (κ1) is 13.7. The van der Waals surface area contributed by atoms with Crippen LogP contribution in [0, 0.1) is 6.92 Å². The fourth-order valence-corrected chi connectivity index (χ4v) is 4.50. The summed E-state index contributed by atoms with van der Waals surface area (Å²) in [4.78, 5) is 33.1. The smallest absolute Gasteiger partial charge is 0.266 e. The van der Waals surface area contributed by atoms with Crippen molar-refractivity contribution in [1.82, 2.24) is 9.88 Å². The van der Waals surface area contributed by atoms with Crippen LogP contribution in [-0.4, -0.2) is 34.3 Å². The van der Waals surface area contributed by atoms with Crippen LogP contribution in [0.25, 0.3) is 10.2 Å². The minimum Gasteiger partial charge on any atom is -0.326 e. The van der Waals surface area contributed by atoms with E-state index in [9.17, 15) is 9.59 Å². The summed E-state index contributed by atoms with van der Waals surface area (Å²) in [5.41, 5.74) is 2.80. The van der Waals surface area contributed by atoms with Crippen molar-refractivity contribution in [1.29, 1.82) is 0 Å². The highest BCUT2D eigenvalue weighted by atomic mass is 32.1. The van der Waals surface area contributed by atoms with Crippen molar-refractivity contribution in [2.45, 2.75) is 39.2 Å². The van der Waals surface area contributed by atoms with Gasteiger partial charge in [0.15, 0.2) is 0 Å². The lowest BCUT2D eigenvalue weighted by atomic mass is 10.1. The Labute approximate surface area is 132 Å². The molecule has 1 atom stereocenters. The standard InChI is InChI=1S/C16H17N3O2S/c1-3-10-8(2)7-9-12-13(22-15(9)17-10)16(21)19-6-4-5-11(19)14(20)18-12/h7,11H,3-6H2,1-2H3,(H,18,20)/t11-/m1/s1. The van der Waals surface area contributed by atoms with Crippen molar-refractivity contribution >= 4 is 39.1 Å². The van der Waals surface area contributed by atoms with Crippen LogP contribution >= 0.6 is 11.3 Å². The molecule has 6 heteroatoms. The molecule has 2 aromatic rings. The molecule has 114 valence electrons. The highest BCUT2D eigenvalue weighted by Gasteiger charge is 2.40. The number of aryl methyl sites for hydroxylation is 2. The molecule has 2 aliphatic heterocycles. The van der Waals surface area contributed by atoms with Crippen LogP contribution in [0.15, 0.2) is 6.07 Å². The van der Waals surface area contributed by atoms with Gasteiger partial charge in [-0.3, -0.25) is 9.59 Å². The SMILES string of the molecule is CCc1nc2sc3c(c2cc1C)NC(=O)[C@H]1CCCN1C3=O.